The molecule has 2 aliphatic rings. The Kier molecular flexibility index (Phi) is 8.83. The number of carbonyl (C=O) groups is 4. The van der Waals surface area contributed by atoms with Crippen molar-refractivity contribution in [3.63, 3.8) is 0 Å². The second kappa shape index (κ2) is 12.3. The van der Waals surface area contributed by atoms with E-state index < -0.39 is 59.3 Å². The molecule has 0 radical (unpaired) electrons. The molecule has 4 rings (SSSR count). The lowest BCUT2D eigenvalue weighted by molar-refractivity contribution is -0.145. The highest BCUT2D eigenvalue weighted by Gasteiger charge is 2.44. The third-order valence-corrected chi connectivity index (χ3v) is 7.01. The third kappa shape index (κ3) is 6.14. The maximum Gasteiger partial charge on any atom is 0.407 e. The van der Waals surface area contributed by atoms with Crippen LogP contribution in [-0.2, 0) is 30.4 Å². The lowest BCUT2D eigenvalue weighted by atomic mass is 9.90. The predicted molar refractivity (Wildman–Crippen MR) is 140 cm³/mol. The molecule has 2 aromatic carbocycles. The molecule has 4 amide bonds. The van der Waals surface area contributed by atoms with E-state index in [1.165, 1.54) is 24.9 Å². The number of amides is 4. The second-order valence-corrected chi connectivity index (χ2v) is 9.65. The third-order valence-electron chi connectivity index (χ3n) is 7.01. The summed E-state index contributed by atoms with van der Waals surface area (Å²) in [6.07, 6.45) is -1.13. The first kappa shape index (κ1) is 28.7. The topological polar surface area (TPSA) is 152 Å². The number of nitrogens with zero attached hydrogens (tertiary/aromatic N) is 1. The number of nitrogen functional groups attached to an aromatic ring is 1. The first-order chi connectivity index (χ1) is 19.1. The molecule has 2 aliphatic heterocycles. The second-order valence-electron chi connectivity index (χ2n) is 9.65. The average Bonchev–Trinajstić information content (AvgIpc) is 3.32. The van der Waals surface area contributed by atoms with E-state index in [1.807, 2.05) is 0 Å². The van der Waals surface area contributed by atoms with Gasteiger partial charge in [-0.3, -0.25) is 14.4 Å². The minimum Gasteiger partial charge on any atom is -0.436 e. The summed E-state index contributed by atoms with van der Waals surface area (Å²) in [6, 6.07) is 5.58. The summed E-state index contributed by atoms with van der Waals surface area (Å²) in [5.74, 6) is -4.42. The minimum atomic E-state index is -1.26. The van der Waals surface area contributed by atoms with Gasteiger partial charge in [-0.15, -0.1) is 0 Å². The Morgan fingerprint density at radius 3 is 2.42 bits per heavy atom. The quantitative estimate of drug-likeness (QED) is 0.380. The van der Waals surface area contributed by atoms with E-state index in [9.17, 15) is 28.0 Å². The Balaban J connectivity index is 1.66. The Morgan fingerprint density at radius 2 is 1.77 bits per heavy atom. The molecule has 1 saturated heterocycles. The van der Waals surface area contributed by atoms with Crippen molar-refractivity contribution in [1.82, 2.24) is 15.5 Å². The highest BCUT2D eigenvalue weighted by molar-refractivity contribution is 6.00. The number of nitrogens with one attached hydrogen (secondary N) is 3. The van der Waals surface area contributed by atoms with Gasteiger partial charge in [0.15, 0.2) is 6.10 Å². The number of hydrogen-bond acceptors (Lipinski definition) is 7. The minimum absolute atomic E-state index is 0.0308. The van der Waals surface area contributed by atoms with Gasteiger partial charge in [0.25, 0.3) is 11.8 Å². The number of benzene rings is 2. The summed E-state index contributed by atoms with van der Waals surface area (Å²) in [7, 11) is 1.34. The van der Waals surface area contributed by atoms with Crippen molar-refractivity contribution < 1.29 is 37.4 Å². The molecule has 0 saturated carbocycles. The molecule has 2 aromatic rings. The summed E-state index contributed by atoms with van der Waals surface area (Å²) in [6.45, 7) is 2.06. The van der Waals surface area contributed by atoms with Crippen molar-refractivity contribution in [2.45, 2.75) is 44.5 Å². The SMILES string of the molecule is CNC(=O)OC(C)C(=O)NC(C(=O)N1Cc2cc(N)ccc2[C@@H]1C(=O)Nc1c(F)cccc1F)C1CCOCC1. The van der Waals surface area contributed by atoms with Crippen molar-refractivity contribution in [1.29, 1.82) is 0 Å². The Labute approximate surface area is 229 Å². The number of hydrogen-bond donors (Lipinski definition) is 4. The lowest BCUT2D eigenvalue weighted by Crippen LogP contribution is -2.55. The molecule has 0 bridgehead atoms. The van der Waals surface area contributed by atoms with Gasteiger partial charge in [0.1, 0.15) is 29.4 Å². The van der Waals surface area contributed by atoms with Crippen molar-refractivity contribution in [2.24, 2.45) is 5.92 Å². The van der Waals surface area contributed by atoms with Crippen LogP contribution in [0.15, 0.2) is 36.4 Å². The normalized spacial score (nSPS) is 18.3. The van der Waals surface area contributed by atoms with Crippen LogP contribution in [-0.4, -0.2) is 61.1 Å². The summed E-state index contributed by atoms with van der Waals surface area (Å²) in [4.78, 5) is 53.5. The number of carbonyl (C=O) groups excluding carboxylic acids is 4. The smallest absolute Gasteiger partial charge is 0.407 e. The average molecular weight is 560 g/mol. The van der Waals surface area contributed by atoms with E-state index >= 15 is 0 Å². The molecule has 0 aromatic heterocycles. The Bertz CT molecular complexity index is 1280. The van der Waals surface area contributed by atoms with Gasteiger partial charge in [-0.25, -0.2) is 13.6 Å². The van der Waals surface area contributed by atoms with Crippen molar-refractivity contribution in [3.05, 3.63) is 59.2 Å². The van der Waals surface area contributed by atoms with Crippen molar-refractivity contribution in [2.75, 3.05) is 31.3 Å². The van der Waals surface area contributed by atoms with Crippen LogP contribution in [0.25, 0.3) is 0 Å². The molecule has 40 heavy (non-hydrogen) atoms. The summed E-state index contributed by atoms with van der Waals surface area (Å²) < 4.78 is 39.1. The first-order valence-electron chi connectivity index (χ1n) is 12.8. The predicted octanol–water partition coefficient (Wildman–Crippen LogP) is 2.22. The van der Waals surface area contributed by atoms with Gasteiger partial charge in [0.05, 0.1) is 0 Å². The molecule has 5 N–H and O–H groups in total. The van der Waals surface area contributed by atoms with Gasteiger partial charge in [0, 0.05) is 32.5 Å². The van der Waals surface area contributed by atoms with Gasteiger partial charge >= 0.3 is 6.09 Å². The van der Waals surface area contributed by atoms with Crippen molar-refractivity contribution in [3.8, 4) is 0 Å². The molecule has 1 fully saturated rings. The Hall–Kier alpha value is -4.26. The summed E-state index contributed by atoms with van der Waals surface area (Å²) >= 11 is 0. The molecule has 0 aliphatic carbocycles. The number of nitrogens with two attached hydrogens (primary N) is 1. The molecule has 2 heterocycles. The molecule has 13 heteroatoms. The van der Waals surface area contributed by atoms with Crippen LogP contribution in [0.2, 0.25) is 0 Å². The fourth-order valence-corrected chi connectivity index (χ4v) is 4.92. The maximum absolute atomic E-state index is 14.4. The van der Waals surface area contributed by atoms with Gasteiger partial charge in [-0.05, 0) is 61.1 Å². The number of rotatable bonds is 7. The number of ether oxygens (including phenoxy) is 2. The molecular formula is C27H31F2N5O6. The van der Waals surface area contributed by atoms with Crippen LogP contribution in [0.1, 0.15) is 36.9 Å². The molecule has 0 spiro atoms. The first-order valence-corrected chi connectivity index (χ1v) is 12.8. The van der Waals surface area contributed by atoms with E-state index in [0.29, 0.717) is 42.9 Å². The fraction of sp³-hybridized carbons (Fsp3) is 0.407. The number of halogens is 2. The van der Waals surface area contributed by atoms with Gasteiger partial charge in [-0.2, -0.15) is 0 Å². The molecule has 11 nitrogen and oxygen atoms in total. The van der Waals surface area contributed by atoms with Crippen LogP contribution in [0.5, 0.6) is 0 Å². The highest BCUT2D eigenvalue weighted by atomic mass is 19.1. The lowest BCUT2D eigenvalue weighted by Gasteiger charge is -2.35. The van der Waals surface area contributed by atoms with E-state index in [4.69, 9.17) is 15.2 Å². The number of para-hydroxylation sites is 1. The van der Waals surface area contributed by atoms with Gasteiger partial charge in [-0.1, -0.05) is 12.1 Å². The maximum atomic E-state index is 14.4. The standard InChI is InChI=1S/C27H31F2N5O6/c1-14(40-27(38)31-2)24(35)32-21(15-8-10-39-11-9-15)26(37)34-13-16-12-17(30)6-7-18(16)23(34)25(36)33-22-19(28)4-3-5-20(22)29/h3-7,12,14-15,21,23H,8-11,13,30H2,1-2H3,(H,31,38)(H,32,35)(H,33,36)/t14?,21?,23-/m1/s1. The van der Waals surface area contributed by atoms with Crippen LogP contribution in [0.3, 0.4) is 0 Å². The molecular weight excluding hydrogens is 528 g/mol. The zero-order chi connectivity index (χ0) is 29.0. The number of anilines is 2. The highest BCUT2D eigenvalue weighted by Crippen LogP contribution is 2.37. The van der Waals surface area contributed by atoms with Gasteiger partial charge in [0.2, 0.25) is 5.91 Å². The monoisotopic (exact) mass is 559 g/mol. The number of alkyl carbamates (subject to hydrolysis) is 1. The molecule has 2 unspecified atom stereocenters. The zero-order valence-corrected chi connectivity index (χ0v) is 22.0. The van der Waals surface area contributed by atoms with E-state index in [0.717, 1.165) is 12.1 Å². The van der Waals surface area contributed by atoms with Crippen LogP contribution < -0.4 is 21.7 Å². The zero-order valence-electron chi connectivity index (χ0n) is 22.0. The summed E-state index contributed by atoms with van der Waals surface area (Å²) in [5.41, 5.74) is 6.72. The fourth-order valence-electron chi connectivity index (χ4n) is 4.92. The molecule has 214 valence electrons. The van der Waals surface area contributed by atoms with Crippen molar-refractivity contribution >= 4 is 35.2 Å². The van der Waals surface area contributed by atoms with Crippen LogP contribution in [0.4, 0.5) is 25.0 Å². The largest absolute Gasteiger partial charge is 0.436 e. The van der Waals surface area contributed by atoms with Crippen LogP contribution in [0, 0.1) is 17.6 Å². The summed E-state index contributed by atoms with van der Waals surface area (Å²) in [5, 5.41) is 7.23. The van der Waals surface area contributed by atoms with E-state index in [-0.39, 0.29) is 12.5 Å². The van der Waals surface area contributed by atoms with Crippen LogP contribution >= 0.6 is 0 Å². The number of fused-ring (bicyclic) bond motifs is 1. The van der Waals surface area contributed by atoms with E-state index in [1.54, 1.807) is 18.2 Å². The van der Waals surface area contributed by atoms with Gasteiger partial charge < -0.3 is 36.1 Å². The Morgan fingerprint density at radius 1 is 1.10 bits per heavy atom. The van der Waals surface area contributed by atoms with E-state index in [2.05, 4.69) is 16.0 Å². The molecule has 3 atom stereocenters.